The Morgan fingerprint density at radius 1 is 1.47 bits per heavy atom. The summed E-state index contributed by atoms with van der Waals surface area (Å²) < 4.78 is 5.82. The number of nitrogens with zero attached hydrogens (tertiary/aromatic N) is 5. The summed E-state index contributed by atoms with van der Waals surface area (Å²) in [5.41, 5.74) is 7.66. The van der Waals surface area contributed by atoms with Crippen LogP contribution in [0.25, 0.3) is 15.5 Å². The maximum Gasteiger partial charge on any atom is 0.234 e. The molecule has 0 bridgehead atoms. The first-order valence-electron chi connectivity index (χ1n) is 4.14. The zero-order valence-corrected chi connectivity index (χ0v) is 9.34. The van der Waals surface area contributed by atoms with Gasteiger partial charge >= 0.3 is 0 Å². The van der Waals surface area contributed by atoms with Gasteiger partial charge in [-0.05, 0) is 18.5 Å². The zero-order valence-electron chi connectivity index (χ0n) is 7.71. The first-order chi connectivity index (χ1) is 7.25. The van der Waals surface area contributed by atoms with Crippen LogP contribution >= 0.6 is 22.9 Å². The predicted molar refractivity (Wildman–Crippen MR) is 58.9 cm³/mol. The van der Waals surface area contributed by atoms with Crippen LogP contribution in [0.15, 0.2) is 6.33 Å². The van der Waals surface area contributed by atoms with Crippen molar-refractivity contribution in [2.24, 2.45) is 0 Å². The SMILES string of the molecule is Cc1nsc(N)c1-c1nn2cnnc2s1. The molecule has 0 aliphatic rings. The Labute approximate surface area is 92.5 Å². The summed E-state index contributed by atoms with van der Waals surface area (Å²) in [6.07, 6.45) is 1.57. The van der Waals surface area contributed by atoms with Gasteiger partial charge in [-0.25, -0.2) is 0 Å². The molecule has 3 rings (SSSR count). The van der Waals surface area contributed by atoms with Crippen molar-refractivity contribution < 1.29 is 0 Å². The maximum absolute atomic E-state index is 5.84. The van der Waals surface area contributed by atoms with E-state index in [1.54, 1.807) is 10.8 Å². The standard InChI is InChI=1S/C7H6N6S2/c1-3-4(5(8)15-12-3)6-11-13-2-9-10-7(13)14-6/h2H,8H2,1H3. The van der Waals surface area contributed by atoms with Gasteiger partial charge < -0.3 is 5.73 Å². The minimum atomic E-state index is 0.692. The first kappa shape index (κ1) is 8.74. The number of hydrogen-bond acceptors (Lipinski definition) is 7. The Morgan fingerprint density at radius 2 is 2.33 bits per heavy atom. The largest absolute Gasteiger partial charge is 0.389 e. The third-order valence-corrected chi connectivity index (χ3v) is 3.69. The van der Waals surface area contributed by atoms with E-state index in [-0.39, 0.29) is 0 Å². The van der Waals surface area contributed by atoms with Gasteiger partial charge in [0.25, 0.3) is 0 Å². The quantitative estimate of drug-likeness (QED) is 0.688. The highest BCUT2D eigenvalue weighted by molar-refractivity contribution is 7.20. The summed E-state index contributed by atoms with van der Waals surface area (Å²) in [4.78, 5) is 0.759. The van der Waals surface area contributed by atoms with Gasteiger partial charge in [0.2, 0.25) is 4.96 Å². The zero-order chi connectivity index (χ0) is 10.4. The van der Waals surface area contributed by atoms with E-state index in [4.69, 9.17) is 5.73 Å². The average molecular weight is 238 g/mol. The summed E-state index contributed by atoms with van der Waals surface area (Å²) in [6.45, 7) is 1.92. The molecule has 3 aromatic rings. The summed E-state index contributed by atoms with van der Waals surface area (Å²) in [5, 5.41) is 13.5. The summed E-state index contributed by atoms with van der Waals surface area (Å²) >= 11 is 2.74. The van der Waals surface area contributed by atoms with Crippen molar-refractivity contribution in [3.05, 3.63) is 12.0 Å². The Balaban J connectivity index is 2.26. The van der Waals surface area contributed by atoms with Crippen LogP contribution in [0, 0.1) is 6.92 Å². The fourth-order valence-electron chi connectivity index (χ4n) is 1.31. The molecule has 0 amide bonds. The third-order valence-electron chi connectivity index (χ3n) is 1.99. The van der Waals surface area contributed by atoms with Crippen molar-refractivity contribution in [3.8, 4) is 10.6 Å². The van der Waals surface area contributed by atoms with Crippen LogP contribution in [0.2, 0.25) is 0 Å². The number of nitrogens with two attached hydrogens (primary N) is 1. The molecular weight excluding hydrogens is 232 g/mol. The molecule has 15 heavy (non-hydrogen) atoms. The van der Waals surface area contributed by atoms with Crippen LogP contribution < -0.4 is 5.73 Å². The van der Waals surface area contributed by atoms with E-state index in [0.717, 1.165) is 21.2 Å². The molecule has 6 nitrogen and oxygen atoms in total. The highest BCUT2D eigenvalue weighted by Gasteiger charge is 2.15. The van der Waals surface area contributed by atoms with Gasteiger partial charge in [-0.3, -0.25) is 0 Å². The molecule has 0 radical (unpaired) electrons. The van der Waals surface area contributed by atoms with E-state index in [0.29, 0.717) is 5.00 Å². The second-order valence-corrected chi connectivity index (χ2v) is 4.73. The molecule has 8 heteroatoms. The van der Waals surface area contributed by atoms with Crippen molar-refractivity contribution in [2.75, 3.05) is 5.73 Å². The number of aromatic nitrogens is 5. The second kappa shape index (κ2) is 2.97. The molecule has 0 fully saturated rings. The predicted octanol–water partition coefficient (Wildman–Crippen LogP) is 1.20. The molecule has 0 unspecified atom stereocenters. The smallest absolute Gasteiger partial charge is 0.234 e. The molecule has 0 aromatic carbocycles. The molecule has 3 aromatic heterocycles. The number of fused-ring (bicyclic) bond motifs is 1. The number of nitrogen functional groups attached to an aromatic ring is 1. The summed E-state index contributed by atoms with van der Waals surface area (Å²) in [6, 6.07) is 0. The van der Waals surface area contributed by atoms with E-state index >= 15 is 0 Å². The lowest BCUT2D eigenvalue weighted by Gasteiger charge is -1.92. The van der Waals surface area contributed by atoms with Gasteiger partial charge in [0.15, 0.2) is 5.01 Å². The van der Waals surface area contributed by atoms with Crippen molar-refractivity contribution in [1.29, 1.82) is 0 Å². The van der Waals surface area contributed by atoms with Crippen molar-refractivity contribution in [2.45, 2.75) is 6.92 Å². The van der Waals surface area contributed by atoms with E-state index in [1.807, 2.05) is 6.92 Å². The molecule has 0 spiro atoms. The van der Waals surface area contributed by atoms with E-state index < -0.39 is 0 Å². The monoisotopic (exact) mass is 238 g/mol. The molecule has 0 aliphatic carbocycles. The van der Waals surface area contributed by atoms with Crippen LogP contribution in [0.3, 0.4) is 0 Å². The van der Waals surface area contributed by atoms with Crippen LogP contribution in [0.1, 0.15) is 5.69 Å². The number of rotatable bonds is 1. The molecule has 3 heterocycles. The average Bonchev–Trinajstić information content (AvgIpc) is 2.80. The second-order valence-electron chi connectivity index (χ2n) is 2.97. The van der Waals surface area contributed by atoms with Crippen molar-refractivity contribution in [3.63, 3.8) is 0 Å². The van der Waals surface area contributed by atoms with Gasteiger partial charge in [-0.15, -0.1) is 10.2 Å². The first-order valence-corrected chi connectivity index (χ1v) is 5.73. The van der Waals surface area contributed by atoms with Gasteiger partial charge in [-0.2, -0.15) is 14.0 Å². The topological polar surface area (TPSA) is 82.0 Å². The third kappa shape index (κ3) is 1.22. The van der Waals surface area contributed by atoms with Gasteiger partial charge in [0.1, 0.15) is 11.3 Å². The summed E-state index contributed by atoms with van der Waals surface area (Å²) in [5.74, 6) is 0. The van der Waals surface area contributed by atoms with Gasteiger partial charge in [0, 0.05) is 0 Å². The lowest BCUT2D eigenvalue weighted by atomic mass is 10.3. The molecular formula is C7H6N6S2. The number of hydrogen-bond donors (Lipinski definition) is 1. The lowest BCUT2D eigenvalue weighted by Crippen LogP contribution is -1.87. The van der Waals surface area contributed by atoms with Gasteiger partial charge in [0.05, 0.1) is 11.3 Å². The molecule has 2 N–H and O–H groups in total. The molecule has 0 saturated carbocycles. The molecule has 0 aliphatic heterocycles. The minimum absolute atomic E-state index is 0.692. The van der Waals surface area contributed by atoms with E-state index in [9.17, 15) is 0 Å². The van der Waals surface area contributed by atoms with Crippen LogP contribution in [0.5, 0.6) is 0 Å². The van der Waals surface area contributed by atoms with Crippen LogP contribution in [-0.4, -0.2) is 24.2 Å². The highest BCUT2D eigenvalue weighted by Crippen LogP contribution is 2.34. The van der Waals surface area contributed by atoms with Crippen molar-refractivity contribution in [1.82, 2.24) is 24.2 Å². The fraction of sp³-hybridized carbons (Fsp3) is 0.143. The fourth-order valence-corrected chi connectivity index (χ4v) is 2.97. The maximum atomic E-state index is 5.84. The Bertz CT molecular complexity index is 572. The van der Waals surface area contributed by atoms with Crippen molar-refractivity contribution >= 4 is 32.8 Å². The van der Waals surface area contributed by atoms with Crippen LogP contribution in [-0.2, 0) is 0 Å². The molecule has 76 valence electrons. The lowest BCUT2D eigenvalue weighted by molar-refractivity contribution is 0.959. The van der Waals surface area contributed by atoms with E-state index in [1.165, 1.54) is 22.9 Å². The van der Waals surface area contributed by atoms with E-state index in [2.05, 4.69) is 19.7 Å². The van der Waals surface area contributed by atoms with Crippen LogP contribution in [0.4, 0.5) is 5.00 Å². The molecule has 0 saturated heterocycles. The van der Waals surface area contributed by atoms with Gasteiger partial charge in [-0.1, -0.05) is 11.3 Å². The Hall–Kier alpha value is -1.54. The Kier molecular flexibility index (Phi) is 1.73. The summed E-state index contributed by atoms with van der Waals surface area (Å²) in [7, 11) is 0. The normalized spacial score (nSPS) is 11.3. The molecule has 0 atom stereocenters. The highest BCUT2D eigenvalue weighted by atomic mass is 32.1. The Morgan fingerprint density at radius 3 is 3.00 bits per heavy atom. The number of anilines is 1. The number of aryl methyl sites for hydroxylation is 1. The minimum Gasteiger partial charge on any atom is -0.389 e.